The molecule has 26 heavy (non-hydrogen) atoms. The van der Waals surface area contributed by atoms with E-state index in [0.29, 0.717) is 23.8 Å². The maximum atomic E-state index is 12.1. The molecule has 0 bridgehead atoms. The Hall–Kier alpha value is -1.39. The van der Waals surface area contributed by atoms with Crippen LogP contribution in [0.2, 0.25) is 0 Å². The molecule has 0 radical (unpaired) electrons. The fourth-order valence-corrected chi connectivity index (χ4v) is 6.20. The molecule has 6 aliphatic rings. The van der Waals surface area contributed by atoms with Crippen LogP contribution in [0.15, 0.2) is 34.9 Å². The molecule has 0 aromatic heterocycles. The minimum atomic E-state index is 0.0524. The number of allylic oxidation sites excluding steroid dienone is 4. The van der Waals surface area contributed by atoms with Crippen molar-refractivity contribution in [1.82, 2.24) is 10.9 Å². The maximum absolute atomic E-state index is 12.1. The molecule has 6 atom stereocenters. The van der Waals surface area contributed by atoms with Crippen LogP contribution in [0.3, 0.4) is 0 Å². The van der Waals surface area contributed by atoms with Crippen LogP contribution in [0.25, 0.3) is 0 Å². The molecule has 2 N–H and O–H groups in total. The highest BCUT2D eigenvalue weighted by Gasteiger charge is 2.46. The second-order valence-corrected chi connectivity index (χ2v) is 9.21. The molecule has 1 aliphatic heterocycles. The smallest absolute Gasteiger partial charge is 0.309 e. The average molecular weight is 352 g/mol. The van der Waals surface area contributed by atoms with Crippen molar-refractivity contribution in [3.8, 4) is 0 Å². The number of rotatable bonds is 2. The van der Waals surface area contributed by atoms with Gasteiger partial charge in [-0.15, -0.1) is 0 Å². The van der Waals surface area contributed by atoms with Gasteiger partial charge in [0.25, 0.3) is 0 Å². The van der Waals surface area contributed by atoms with Crippen LogP contribution in [-0.2, 0) is 9.53 Å². The Labute approximate surface area is 155 Å². The van der Waals surface area contributed by atoms with E-state index in [-0.39, 0.29) is 18.0 Å². The number of carbonyl (C=O) groups is 1. The molecule has 6 rings (SSSR count). The average Bonchev–Trinajstić information content (AvgIpc) is 3.29. The highest BCUT2D eigenvalue weighted by Crippen LogP contribution is 2.53. The molecular formula is C22H28N2O2. The quantitative estimate of drug-likeness (QED) is 0.750. The first-order valence-corrected chi connectivity index (χ1v) is 10.6. The van der Waals surface area contributed by atoms with Crippen molar-refractivity contribution in [3.05, 3.63) is 34.9 Å². The van der Waals surface area contributed by atoms with Gasteiger partial charge in [-0.2, -0.15) is 0 Å². The van der Waals surface area contributed by atoms with Crippen molar-refractivity contribution in [2.45, 2.75) is 57.1 Å². The molecule has 0 aromatic carbocycles. The third kappa shape index (κ3) is 2.38. The van der Waals surface area contributed by atoms with Crippen LogP contribution in [-0.4, -0.2) is 24.7 Å². The Bertz CT molecular complexity index is 732. The van der Waals surface area contributed by atoms with Gasteiger partial charge in [-0.1, -0.05) is 18.2 Å². The number of nitrogens with one attached hydrogen (secondary N) is 2. The lowest BCUT2D eigenvalue weighted by Crippen LogP contribution is -2.39. The second-order valence-electron chi connectivity index (χ2n) is 9.21. The van der Waals surface area contributed by atoms with Gasteiger partial charge < -0.3 is 4.74 Å². The zero-order valence-corrected chi connectivity index (χ0v) is 15.2. The SMILES string of the molecule is O=C(OC1CCC2C1=CC=C1C3=CC4CNNC4CC3CCC12)C1CC1. The number of ether oxygens (including phenoxy) is 1. The first kappa shape index (κ1) is 15.6. The van der Waals surface area contributed by atoms with Gasteiger partial charge in [-0.25, -0.2) is 0 Å². The van der Waals surface area contributed by atoms with Gasteiger partial charge in [0.05, 0.1) is 5.92 Å². The highest BCUT2D eigenvalue weighted by molar-refractivity contribution is 5.75. The Balaban J connectivity index is 1.28. The molecule has 4 nitrogen and oxygen atoms in total. The number of carbonyl (C=O) groups excluding carboxylic acids is 1. The van der Waals surface area contributed by atoms with E-state index in [4.69, 9.17) is 4.74 Å². The molecule has 0 amide bonds. The fraction of sp³-hybridized carbons (Fsp3) is 0.682. The Morgan fingerprint density at radius 3 is 2.77 bits per heavy atom. The summed E-state index contributed by atoms with van der Waals surface area (Å²) < 4.78 is 5.88. The van der Waals surface area contributed by atoms with Gasteiger partial charge in [0.15, 0.2) is 0 Å². The third-order valence-electron chi connectivity index (χ3n) is 7.72. The molecule has 0 aromatic rings. The molecule has 5 aliphatic carbocycles. The summed E-state index contributed by atoms with van der Waals surface area (Å²) in [6.07, 6.45) is 15.5. The zero-order chi connectivity index (χ0) is 17.3. The summed E-state index contributed by atoms with van der Waals surface area (Å²) in [4.78, 5) is 12.1. The van der Waals surface area contributed by atoms with E-state index in [1.54, 1.807) is 11.1 Å². The topological polar surface area (TPSA) is 50.4 Å². The fourth-order valence-electron chi connectivity index (χ4n) is 6.20. The van der Waals surface area contributed by atoms with Crippen LogP contribution in [0.1, 0.15) is 44.9 Å². The normalized spacial score (nSPS) is 43.3. The van der Waals surface area contributed by atoms with Crippen molar-refractivity contribution in [3.63, 3.8) is 0 Å². The molecule has 1 heterocycles. The first-order chi connectivity index (χ1) is 12.8. The monoisotopic (exact) mass is 352 g/mol. The molecule has 6 unspecified atom stereocenters. The van der Waals surface area contributed by atoms with Crippen LogP contribution >= 0.6 is 0 Å². The highest BCUT2D eigenvalue weighted by atomic mass is 16.5. The summed E-state index contributed by atoms with van der Waals surface area (Å²) in [6, 6.07) is 0.619. The van der Waals surface area contributed by atoms with E-state index >= 15 is 0 Å². The minimum Gasteiger partial charge on any atom is -0.458 e. The van der Waals surface area contributed by atoms with E-state index in [9.17, 15) is 4.79 Å². The molecule has 4 fully saturated rings. The van der Waals surface area contributed by atoms with E-state index in [1.807, 2.05) is 0 Å². The van der Waals surface area contributed by atoms with E-state index < -0.39 is 0 Å². The molecule has 4 heteroatoms. The van der Waals surface area contributed by atoms with E-state index in [0.717, 1.165) is 31.7 Å². The van der Waals surface area contributed by atoms with Gasteiger partial charge in [-0.05, 0) is 79.4 Å². The molecular weight excluding hydrogens is 324 g/mol. The predicted octanol–water partition coefficient (Wildman–Crippen LogP) is 3.03. The molecule has 0 spiro atoms. The van der Waals surface area contributed by atoms with Gasteiger partial charge in [0, 0.05) is 18.5 Å². The van der Waals surface area contributed by atoms with Crippen molar-refractivity contribution in [2.24, 2.45) is 29.6 Å². The minimum absolute atomic E-state index is 0.0524. The predicted molar refractivity (Wildman–Crippen MR) is 98.8 cm³/mol. The number of hydrogen-bond acceptors (Lipinski definition) is 4. The van der Waals surface area contributed by atoms with E-state index in [2.05, 4.69) is 29.1 Å². The van der Waals surface area contributed by atoms with Crippen LogP contribution < -0.4 is 10.9 Å². The first-order valence-electron chi connectivity index (χ1n) is 10.6. The van der Waals surface area contributed by atoms with E-state index in [1.165, 1.54) is 31.3 Å². The van der Waals surface area contributed by atoms with Crippen molar-refractivity contribution in [1.29, 1.82) is 0 Å². The van der Waals surface area contributed by atoms with Gasteiger partial charge >= 0.3 is 5.97 Å². The van der Waals surface area contributed by atoms with Crippen molar-refractivity contribution >= 4 is 5.97 Å². The van der Waals surface area contributed by atoms with Gasteiger partial charge in [-0.3, -0.25) is 15.6 Å². The summed E-state index contributed by atoms with van der Waals surface area (Å²) in [7, 11) is 0. The van der Waals surface area contributed by atoms with Crippen molar-refractivity contribution in [2.75, 3.05) is 6.54 Å². The summed E-state index contributed by atoms with van der Waals surface area (Å²) >= 11 is 0. The van der Waals surface area contributed by atoms with Gasteiger partial charge in [0.1, 0.15) is 6.10 Å². The lowest BCUT2D eigenvalue weighted by atomic mass is 9.62. The zero-order valence-electron chi connectivity index (χ0n) is 15.2. The van der Waals surface area contributed by atoms with Gasteiger partial charge in [0.2, 0.25) is 0 Å². The standard InChI is InChI=1S/C22H28N2O2/c25-22(12-1-2-12)26-21-8-7-16-15-4-3-13-10-20-14(11-23-24-20)9-19(13)17(15)5-6-18(16)21/h5-6,9,12-16,20-21,23-24H,1-4,7-8,10-11H2. The number of hydrazine groups is 1. The van der Waals surface area contributed by atoms with Crippen molar-refractivity contribution < 1.29 is 9.53 Å². The lowest BCUT2D eigenvalue weighted by Gasteiger charge is -2.43. The Morgan fingerprint density at radius 1 is 1.00 bits per heavy atom. The molecule has 3 saturated carbocycles. The Kier molecular flexibility index (Phi) is 3.49. The third-order valence-corrected chi connectivity index (χ3v) is 7.72. The molecule has 1 saturated heterocycles. The number of esters is 1. The number of hydrogen-bond donors (Lipinski definition) is 2. The van der Waals surface area contributed by atoms with Crippen LogP contribution in [0, 0.1) is 29.6 Å². The maximum Gasteiger partial charge on any atom is 0.309 e. The van der Waals surface area contributed by atoms with Crippen LogP contribution in [0.4, 0.5) is 0 Å². The summed E-state index contributed by atoms with van der Waals surface area (Å²) in [5.74, 6) is 2.88. The summed E-state index contributed by atoms with van der Waals surface area (Å²) in [5, 5.41) is 0. The van der Waals surface area contributed by atoms with Crippen LogP contribution in [0.5, 0.6) is 0 Å². The largest absolute Gasteiger partial charge is 0.458 e. The summed E-state index contributed by atoms with van der Waals surface area (Å²) in [6.45, 7) is 1.06. The lowest BCUT2D eigenvalue weighted by molar-refractivity contribution is -0.148. The second kappa shape index (κ2) is 5.80. The number of fused-ring (bicyclic) bond motifs is 6. The summed E-state index contributed by atoms with van der Waals surface area (Å²) in [5.41, 5.74) is 11.5. The Morgan fingerprint density at radius 2 is 1.88 bits per heavy atom. The molecule has 138 valence electrons.